The molecule has 186 valence electrons. The van der Waals surface area contributed by atoms with Crippen LogP contribution in [0.5, 0.6) is 23.0 Å². The molecule has 37 heavy (non-hydrogen) atoms. The molecule has 0 amide bonds. The molecule has 3 aromatic carbocycles. The lowest BCUT2D eigenvalue weighted by Crippen LogP contribution is -2.31. The van der Waals surface area contributed by atoms with Crippen molar-refractivity contribution >= 4 is 22.8 Å². The Labute approximate surface area is 214 Å². The van der Waals surface area contributed by atoms with Crippen molar-refractivity contribution in [2.45, 2.75) is 33.5 Å². The summed E-state index contributed by atoms with van der Waals surface area (Å²) in [6.07, 6.45) is 3.95. The van der Waals surface area contributed by atoms with Crippen LogP contribution in [0.25, 0.3) is 17.0 Å². The highest BCUT2D eigenvalue weighted by molar-refractivity contribution is 6.16. The van der Waals surface area contributed by atoms with Crippen molar-refractivity contribution in [2.24, 2.45) is 0 Å². The predicted octanol–water partition coefficient (Wildman–Crippen LogP) is 5.67. The van der Waals surface area contributed by atoms with Crippen LogP contribution in [0.2, 0.25) is 0 Å². The number of ether oxygens (including phenoxy) is 4. The molecule has 3 aliphatic heterocycles. The number of hydrogen-bond acceptors (Lipinski definition) is 6. The quantitative estimate of drug-likeness (QED) is 0.341. The number of allylic oxidation sites excluding steroid dienone is 1. The monoisotopic (exact) mass is 494 g/mol. The first kappa shape index (κ1) is 22.0. The Balaban J connectivity index is 1.21. The van der Waals surface area contributed by atoms with Crippen LogP contribution in [0.4, 0.5) is 0 Å². The molecule has 4 aromatic rings. The zero-order chi connectivity index (χ0) is 25.1. The summed E-state index contributed by atoms with van der Waals surface area (Å²) in [5.41, 5.74) is 5.60. The summed E-state index contributed by atoms with van der Waals surface area (Å²) >= 11 is 0. The van der Waals surface area contributed by atoms with E-state index in [1.54, 1.807) is 0 Å². The lowest BCUT2D eigenvalue weighted by atomic mass is 9.98. The number of benzene rings is 3. The summed E-state index contributed by atoms with van der Waals surface area (Å²) < 4.78 is 25.6. The van der Waals surface area contributed by atoms with E-state index in [9.17, 15) is 4.79 Å². The Bertz CT molecular complexity index is 1620. The van der Waals surface area contributed by atoms with Gasteiger partial charge in [-0.25, -0.2) is 0 Å². The van der Waals surface area contributed by atoms with E-state index in [4.69, 9.17) is 18.9 Å². The van der Waals surface area contributed by atoms with E-state index in [1.807, 2.05) is 49.4 Å². The number of rotatable bonds is 4. The van der Waals surface area contributed by atoms with Crippen LogP contribution in [0.15, 0.2) is 60.5 Å². The largest absolute Gasteiger partial charge is 0.478 e. The van der Waals surface area contributed by atoms with Gasteiger partial charge in [-0.2, -0.15) is 0 Å². The van der Waals surface area contributed by atoms with Crippen molar-refractivity contribution in [3.8, 4) is 23.0 Å². The minimum absolute atomic E-state index is 0.0866. The fourth-order valence-corrected chi connectivity index (χ4v) is 5.47. The van der Waals surface area contributed by atoms with Gasteiger partial charge in [0.2, 0.25) is 12.6 Å². The Kier molecular flexibility index (Phi) is 5.01. The highest BCUT2D eigenvalue weighted by Gasteiger charge is 2.35. The van der Waals surface area contributed by atoms with E-state index < -0.39 is 0 Å². The molecule has 4 heterocycles. The van der Waals surface area contributed by atoms with Crippen molar-refractivity contribution in [2.75, 3.05) is 13.5 Å². The molecule has 0 bridgehead atoms. The molecule has 3 aliphatic rings. The van der Waals surface area contributed by atoms with Crippen LogP contribution in [0.3, 0.4) is 0 Å². The van der Waals surface area contributed by atoms with Gasteiger partial charge in [0.15, 0.2) is 17.3 Å². The average Bonchev–Trinajstić information content (AvgIpc) is 3.61. The lowest BCUT2D eigenvalue weighted by molar-refractivity contribution is 0.0871. The van der Waals surface area contributed by atoms with Crippen LogP contribution >= 0.6 is 0 Å². The van der Waals surface area contributed by atoms with Crippen LogP contribution < -0.4 is 18.9 Å². The first-order valence-electron chi connectivity index (χ1n) is 12.5. The second-order valence-electron chi connectivity index (χ2n) is 9.65. The van der Waals surface area contributed by atoms with Crippen LogP contribution in [0, 0.1) is 6.92 Å². The summed E-state index contributed by atoms with van der Waals surface area (Å²) in [6, 6.07) is 16.2. The number of ketones is 1. The van der Waals surface area contributed by atoms with Crippen molar-refractivity contribution in [3.05, 3.63) is 88.3 Å². The second-order valence-corrected chi connectivity index (χ2v) is 9.65. The van der Waals surface area contributed by atoms with Crippen molar-refractivity contribution < 1.29 is 23.7 Å². The third kappa shape index (κ3) is 3.57. The number of nitrogens with zero attached hydrogens (tertiary/aromatic N) is 2. The number of aryl methyl sites for hydroxylation is 2. The van der Waals surface area contributed by atoms with E-state index in [1.165, 1.54) is 0 Å². The standard InChI is InChI=1S/C30H26N2O5/c1-3-32-14-20(21-6-4-5-7-23(21)32)12-27-29(33)28-18(2)10-25-22(30(28)37-27)15-31(16-34-25)13-19-8-9-24-26(11-19)36-17-35-24/h4-12,14H,3,13,15-17H2,1-2H3/b27-12-. The molecule has 7 nitrogen and oxygen atoms in total. The first-order chi connectivity index (χ1) is 18.1. The summed E-state index contributed by atoms with van der Waals surface area (Å²) in [5.74, 6) is 3.18. The number of para-hydroxylation sites is 1. The maximum Gasteiger partial charge on any atom is 0.232 e. The van der Waals surface area contributed by atoms with Gasteiger partial charge in [-0.15, -0.1) is 0 Å². The summed E-state index contributed by atoms with van der Waals surface area (Å²) in [5, 5.41) is 1.10. The summed E-state index contributed by atoms with van der Waals surface area (Å²) in [6.45, 7) is 6.89. The fourth-order valence-electron chi connectivity index (χ4n) is 5.47. The Morgan fingerprint density at radius 3 is 2.76 bits per heavy atom. The van der Waals surface area contributed by atoms with E-state index in [2.05, 4.69) is 34.7 Å². The van der Waals surface area contributed by atoms with Gasteiger partial charge in [-0.05, 0) is 55.3 Å². The number of Topliss-reactive ketones (excluding diaryl/α,β-unsaturated/α-hetero) is 1. The van der Waals surface area contributed by atoms with Crippen molar-refractivity contribution in [1.82, 2.24) is 9.47 Å². The molecule has 7 rings (SSSR count). The molecular weight excluding hydrogens is 468 g/mol. The molecule has 0 spiro atoms. The molecule has 0 unspecified atom stereocenters. The van der Waals surface area contributed by atoms with Gasteiger partial charge < -0.3 is 23.5 Å². The van der Waals surface area contributed by atoms with Gasteiger partial charge >= 0.3 is 0 Å². The fraction of sp³-hybridized carbons (Fsp3) is 0.233. The smallest absolute Gasteiger partial charge is 0.232 e. The van der Waals surface area contributed by atoms with E-state index in [0.29, 0.717) is 36.9 Å². The summed E-state index contributed by atoms with van der Waals surface area (Å²) in [7, 11) is 0. The molecule has 1 aromatic heterocycles. The molecule has 0 aliphatic carbocycles. The highest BCUT2D eigenvalue weighted by atomic mass is 16.7. The van der Waals surface area contributed by atoms with Crippen molar-refractivity contribution in [1.29, 1.82) is 0 Å². The molecule has 0 N–H and O–H groups in total. The number of aromatic nitrogens is 1. The molecular formula is C30H26N2O5. The van der Waals surface area contributed by atoms with E-state index in [-0.39, 0.29) is 12.6 Å². The number of fused-ring (bicyclic) bond motifs is 5. The number of carbonyl (C=O) groups excluding carboxylic acids is 1. The predicted molar refractivity (Wildman–Crippen MR) is 139 cm³/mol. The Hall–Kier alpha value is -4.23. The maximum atomic E-state index is 13.5. The normalized spacial score (nSPS) is 17.1. The molecule has 0 fully saturated rings. The van der Waals surface area contributed by atoms with Gasteiger partial charge in [-0.1, -0.05) is 24.3 Å². The molecule has 0 saturated carbocycles. The van der Waals surface area contributed by atoms with Gasteiger partial charge in [0, 0.05) is 42.3 Å². The summed E-state index contributed by atoms with van der Waals surface area (Å²) in [4.78, 5) is 15.7. The zero-order valence-corrected chi connectivity index (χ0v) is 20.7. The van der Waals surface area contributed by atoms with Gasteiger partial charge in [-0.3, -0.25) is 9.69 Å². The second kappa shape index (κ2) is 8.42. The third-order valence-corrected chi connectivity index (χ3v) is 7.28. The highest BCUT2D eigenvalue weighted by Crippen LogP contribution is 2.44. The van der Waals surface area contributed by atoms with Gasteiger partial charge in [0.05, 0.1) is 11.1 Å². The van der Waals surface area contributed by atoms with Crippen LogP contribution in [-0.2, 0) is 19.6 Å². The average molecular weight is 495 g/mol. The van der Waals surface area contributed by atoms with E-state index >= 15 is 0 Å². The molecule has 7 heteroatoms. The Morgan fingerprint density at radius 2 is 1.86 bits per heavy atom. The minimum atomic E-state index is -0.0866. The SMILES string of the molecule is CCn1cc(/C=C2\Oc3c4c(cc(C)c3C2=O)OCN(Cc2ccc3c(c2)OCO3)C4)c2ccccc21. The minimum Gasteiger partial charge on any atom is -0.478 e. The van der Waals surface area contributed by atoms with E-state index in [0.717, 1.165) is 57.0 Å². The van der Waals surface area contributed by atoms with Gasteiger partial charge in [0.25, 0.3) is 0 Å². The topological polar surface area (TPSA) is 62.2 Å². The van der Waals surface area contributed by atoms with Gasteiger partial charge in [0.1, 0.15) is 18.2 Å². The zero-order valence-electron chi connectivity index (χ0n) is 20.7. The maximum absolute atomic E-state index is 13.5. The lowest BCUT2D eigenvalue weighted by Gasteiger charge is -2.30. The Morgan fingerprint density at radius 1 is 1.00 bits per heavy atom. The molecule has 0 atom stereocenters. The third-order valence-electron chi connectivity index (χ3n) is 7.28. The number of hydrogen-bond donors (Lipinski definition) is 0. The molecule has 0 radical (unpaired) electrons. The molecule has 0 saturated heterocycles. The van der Waals surface area contributed by atoms with Crippen molar-refractivity contribution in [3.63, 3.8) is 0 Å². The van der Waals surface area contributed by atoms with Crippen LogP contribution in [-0.4, -0.2) is 28.8 Å². The first-order valence-corrected chi connectivity index (χ1v) is 12.5. The number of carbonyl (C=O) groups is 1. The van der Waals surface area contributed by atoms with Crippen LogP contribution in [0.1, 0.15) is 39.5 Å².